The third-order valence-corrected chi connectivity index (χ3v) is 3.42. The number of hydrogen-bond donors (Lipinski definition) is 2. The minimum atomic E-state index is -0.392. The van der Waals surface area contributed by atoms with Gasteiger partial charge in [-0.1, -0.05) is 6.07 Å². The van der Waals surface area contributed by atoms with Gasteiger partial charge in [0.15, 0.2) is 5.58 Å². The molecule has 4 nitrogen and oxygen atoms in total. The second-order valence-corrected chi connectivity index (χ2v) is 4.59. The van der Waals surface area contributed by atoms with E-state index in [1.165, 1.54) is 12.0 Å². The highest BCUT2D eigenvalue weighted by Gasteiger charge is 2.30. The van der Waals surface area contributed by atoms with Crippen LogP contribution in [0.1, 0.15) is 25.3 Å². The second-order valence-electron chi connectivity index (χ2n) is 4.59. The molecule has 1 aliphatic rings. The number of nitrogens with one attached hydrogen (secondary N) is 2. The zero-order valence-electron chi connectivity index (χ0n) is 9.17. The van der Waals surface area contributed by atoms with Crippen LogP contribution in [-0.4, -0.2) is 11.5 Å². The summed E-state index contributed by atoms with van der Waals surface area (Å²) >= 11 is 0. The van der Waals surface area contributed by atoms with E-state index in [9.17, 15) is 4.79 Å². The van der Waals surface area contributed by atoms with E-state index in [0.717, 1.165) is 18.5 Å². The van der Waals surface area contributed by atoms with Crippen molar-refractivity contribution >= 4 is 11.1 Å². The maximum Gasteiger partial charge on any atom is 0.417 e. The highest BCUT2D eigenvalue weighted by molar-refractivity contribution is 5.73. The fraction of sp³-hybridized carbons (Fsp3) is 0.417. The van der Waals surface area contributed by atoms with Crippen molar-refractivity contribution in [2.75, 3.05) is 6.54 Å². The molecule has 0 bridgehead atoms. The van der Waals surface area contributed by atoms with Crippen molar-refractivity contribution in [2.24, 2.45) is 0 Å². The third kappa shape index (κ3) is 1.38. The standard InChI is InChI=1S/C12H14N2O2/c1-12(5-2-6-13-12)8-3-4-10-9(7-8)14-11(15)16-10/h3-4,7,13H,2,5-6H2,1H3,(H,14,15). The lowest BCUT2D eigenvalue weighted by molar-refractivity contribution is 0.435. The summed E-state index contributed by atoms with van der Waals surface area (Å²) in [4.78, 5) is 13.8. The van der Waals surface area contributed by atoms with Crippen molar-refractivity contribution in [3.05, 3.63) is 34.3 Å². The first kappa shape index (κ1) is 9.66. The molecule has 1 aromatic carbocycles. The normalized spacial score (nSPS) is 25.3. The minimum absolute atomic E-state index is 0.0301. The number of rotatable bonds is 1. The number of aromatic nitrogens is 1. The topological polar surface area (TPSA) is 58.0 Å². The average Bonchev–Trinajstić information content (AvgIpc) is 2.82. The second kappa shape index (κ2) is 3.22. The van der Waals surface area contributed by atoms with Crippen LogP contribution in [0.25, 0.3) is 11.1 Å². The lowest BCUT2D eigenvalue weighted by atomic mass is 9.90. The predicted octanol–water partition coefficient (Wildman–Crippen LogP) is 1.72. The summed E-state index contributed by atoms with van der Waals surface area (Å²) in [6, 6.07) is 5.88. The Morgan fingerprint density at radius 3 is 3.06 bits per heavy atom. The average molecular weight is 218 g/mol. The van der Waals surface area contributed by atoms with Crippen LogP contribution in [0.2, 0.25) is 0 Å². The Bertz CT molecular complexity index is 576. The van der Waals surface area contributed by atoms with E-state index in [-0.39, 0.29) is 5.54 Å². The summed E-state index contributed by atoms with van der Waals surface area (Å²) in [6.45, 7) is 3.25. The lowest BCUT2D eigenvalue weighted by Crippen LogP contribution is -2.32. The number of oxazole rings is 1. The summed E-state index contributed by atoms with van der Waals surface area (Å²) < 4.78 is 4.99. The molecule has 0 spiro atoms. The highest BCUT2D eigenvalue weighted by atomic mass is 16.4. The zero-order chi connectivity index (χ0) is 11.2. The van der Waals surface area contributed by atoms with Crippen molar-refractivity contribution in [3.8, 4) is 0 Å². The highest BCUT2D eigenvalue weighted by Crippen LogP contribution is 2.31. The number of benzene rings is 1. The molecule has 2 heterocycles. The maximum absolute atomic E-state index is 11.1. The Labute approximate surface area is 92.7 Å². The Balaban J connectivity index is 2.14. The first-order valence-electron chi connectivity index (χ1n) is 5.56. The predicted molar refractivity (Wildman–Crippen MR) is 61.4 cm³/mol. The van der Waals surface area contributed by atoms with Crippen LogP contribution in [-0.2, 0) is 5.54 Å². The summed E-state index contributed by atoms with van der Waals surface area (Å²) in [5, 5.41) is 3.50. The van der Waals surface area contributed by atoms with Gasteiger partial charge in [0.05, 0.1) is 5.52 Å². The van der Waals surface area contributed by atoms with Crippen LogP contribution in [0, 0.1) is 0 Å². The quantitative estimate of drug-likeness (QED) is 0.766. The minimum Gasteiger partial charge on any atom is -0.408 e. The van der Waals surface area contributed by atoms with E-state index in [4.69, 9.17) is 4.42 Å². The van der Waals surface area contributed by atoms with Gasteiger partial charge in [0.25, 0.3) is 0 Å². The van der Waals surface area contributed by atoms with Gasteiger partial charge in [-0.3, -0.25) is 4.98 Å². The van der Waals surface area contributed by atoms with Gasteiger partial charge in [-0.15, -0.1) is 0 Å². The summed E-state index contributed by atoms with van der Waals surface area (Å²) in [6.07, 6.45) is 2.32. The van der Waals surface area contributed by atoms with E-state index in [1.807, 2.05) is 18.2 Å². The first-order valence-corrected chi connectivity index (χ1v) is 5.56. The van der Waals surface area contributed by atoms with Gasteiger partial charge in [-0.05, 0) is 44.0 Å². The smallest absolute Gasteiger partial charge is 0.408 e. The molecule has 1 aromatic heterocycles. The monoisotopic (exact) mass is 218 g/mol. The van der Waals surface area contributed by atoms with E-state index >= 15 is 0 Å². The molecule has 1 fully saturated rings. The molecular weight excluding hydrogens is 204 g/mol. The largest absolute Gasteiger partial charge is 0.417 e. The molecule has 0 saturated carbocycles. The van der Waals surface area contributed by atoms with Gasteiger partial charge in [0.2, 0.25) is 0 Å². The fourth-order valence-corrected chi connectivity index (χ4v) is 2.44. The summed E-state index contributed by atoms with van der Waals surface area (Å²) in [5.74, 6) is -0.392. The number of hydrogen-bond acceptors (Lipinski definition) is 3. The molecule has 0 radical (unpaired) electrons. The van der Waals surface area contributed by atoms with Gasteiger partial charge >= 0.3 is 5.76 Å². The Hall–Kier alpha value is -1.55. The van der Waals surface area contributed by atoms with Gasteiger partial charge in [-0.2, -0.15) is 0 Å². The van der Waals surface area contributed by atoms with Crippen molar-refractivity contribution in [2.45, 2.75) is 25.3 Å². The van der Waals surface area contributed by atoms with E-state index in [0.29, 0.717) is 5.58 Å². The Kier molecular flexibility index (Phi) is 1.94. The van der Waals surface area contributed by atoms with Gasteiger partial charge in [-0.25, -0.2) is 4.79 Å². The Morgan fingerprint density at radius 2 is 2.31 bits per heavy atom. The van der Waals surface area contributed by atoms with Gasteiger partial charge in [0, 0.05) is 5.54 Å². The molecule has 4 heteroatoms. The van der Waals surface area contributed by atoms with Crippen molar-refractivity contribution in [1.29, 1.82) is 0 Å². The third-order valence-electron chi connectivity index (χ3n) is 3.42. The lowest BCUT2D eigenvalue weighted by Gasteiger charge is -2.24. The van der Waals surface area contributed by atoms with Crippen LogP contribution in [0.3, 0.4) is 0 Å². The summed E-state index contributed by atoms with van der Waals surface area (Å²) in [7, 11) is 0. The number of H-pyrrole nitrogens is 1. The van der Waals surface area contributed by atoms with Crippen molar-refractivity contribution in [1.82, 2.24) is 10.3 Å². The van der Waals surface area contributed by atoms with Gasteiger partial charge < -0.3 is 9.73 Å². The zero-order valence-corrected chi connectivity index (χ0v) is 9.17. The SMILES string of the molecule is CC1(c2ccc3oc(=O)[nH]c3c2)CCCN1. The number of fused-ring (bicyclic) bond motifs is 1. The first-order chi connectivity index (χ1) is 7.67. The molecule has 1 atom stereocenters. The van der Waals surface area contributed by atoms with Crippen LogP contribution in [0.4, 0.5) is 0 Å². The molecule has 1 saturated heterocycles. The van der Waals surface area contributed by atoms with E-state index < -0.39 is 5.76 Å². The van der Waals surface area contributed by atoms with E-state index in [1.54, 1.807) is 0 Å². The summed E-state index contributed by atoms with van der Waals surface area (Å²) in [5.41, 5.74) is 2.63. The Morgan fingerprint density at radius 1 is 1.44 bits per heavy atom. The molecule has 1 aliphatic heterocycles. The van der Waals surface area contributed by atoms with E-state index in [2.05, 4.69) is 17.2 Å². The molecular formula is C12H14N2O2. The van der Waals surface area contributed by atoms with Crippen molar-refractivity contribution < 1.29 is 4.42 Å². The maximum atomic E-state index is 11.1. The molecule has 2 N–H and O–H groups in total. The van der Waals surface area contributed by atoms with Crippen LogP contribution in [0.5, 0.6) is 0 Å². The van der Waals surface area contributed by atoms with Crippen LogP contribution in [0.15, 0.2) is 27.4 Å². The molecule has 1 unspecified atom stereocenters. The van der Waals surface area contributed by atoms with Crippen molar-refractivity contribution in [3.63, 3.8) is 0 Å². The molecule has 2 aromatic rings. The molecule has 0 amide bonds. The molecule has 16 heavy (non-hydrogen) atoms. The molecule has 84 valence electrons. The van der Waals surface area contributed by atoms with Crippen LogP contribution < -0.4 is 11.1 Å². The molecule has 3 rings (SSSR count). The van der Waals surface area contributed by atoms with Crippen LogP contribution >= 0.6 is 0 Å². The fourth-order valence-electron chi connectivity index (χ4n) is 2.44. The van der Waals surface area contributed by atoms with Gasteiger partial charge in [0.1, 0.15) is 0 Å². The molecule has 0 aliphatic carbocycles. The number of aromatic amines is 1.